The van der Waals surface area contributed by atoms with Crippen LogP contribution in [0.15, 0.2) is 48.5 Å². The highest BCUT2D eigenvalue weighted by molar-refractivity contribution is 5.86. The zero-order valence-corrected chi connectivity index (χ0v) is 16.2. The van der Waals surface area contributed by atoms with Gasteiger partial charge in [0.1, 0.15) is 11.5 Å². The van der Waals surface area contributed by atoms with E-state index < -0.39 is 11.9 Å². The Morgan fingerprint density at radius 1 is 0.667 bits per heavy atom. The number of ether oxygens (including phenoxy) is 3. The van der Waals surface area contributed by atoms with Gasteiger partial charge in [0.15, 0.2) is 13.2 Å². The molecule has 0 aliphatic carbocycles. The number of hydrogen-bond acceptors (Lipinski definition) is 5. The predicted molar refractivity (Wildman–Crippen MR) is 103 cm³/mol. The van der Waals surface area contributed by atoms with Gasteiger partial charge in [-0.15, -0.1) is 0 Å². The first-order chi connectivity index (χ1) is 12.8. The van der Waals surface area contributed by atoms with Gasteiger partial charge in [0.25, 0.3) is 0 Å². The smallest absolute Gasteiger partial charge is 0.351 e. The molecule has 0 saturated heterocycles. The molecular weight excluding hydrogens is 344 g/mol. The lowest BCUT2D eigenvalue weighted by molar-refractivity contribution is -0.162. The molecule has 0 unspecified atom stereocenters. The van der Waals surface area contributed by atoms with Crippen LogP contribution >= 0.6 is 0 Å². The third kappa shape index (κ3) is 6.77. The van der Waals surface area contributed by atoms with Crippen LogP contribution in [0.25, 0.3) is 0 Å². The maximum absolute atomic E-state index is 11.7. The van der Waals surface area contributed by atoms with Crippen LogP contribution in [0.3, 0.4) is 0 Å². The second-order valence-corrected chi connectivity index (χ2v) is 6.87. The van der Waals surface area contributed by atoms with E-state index in [4.69, 9.17) is 9.47 Å². The fourth-order valence-corrected chi connectivity index (χ4v) is 2.37. The van der Waals surface area contributed by atoms with Crippen LogP contribution in [0, 0.1) is 0 Å². The lowest BCUT2D eigenvalue weighted by Gasteiger charge is -2.09. The number of carbonyl (C=O) groups is 2. The van der Waals surface area contributed by atoms with Crippen LogP contribution in [0.4, 0.5) is 0 Å². The largest absolute Gasteiger partial charge is 0.482 e. The van der Waals surface area contributed by atoms with Crippen molar-refractivity contribution in [2.24, 2.45) is 0 Å². The topological polar surface area (TPSA) is 61.8 Å². The molecule has 0 aliphatic rings. The molecule has 144 valence electrons. The van der Waals surface area contributed by atoms with Gasteiger partial charge in [0, 0.05) is 0 Å². The number of rotatable bonds is 8. The van der Waals surface area contributed by atoms with E-state index in [1.165, 1.54) is 11.1 Å². The molecule has 0 aromatic heterocycles. The van der Waals surface area contributed by atoms with Crippen molar-refractivity contribution in [3.8, 4) is 11.5 Å². The van der Waals surface area contributed by atoms with Gasteiger partial charge < -0.3 is 14.2 Å². The summed E-state index contributed by atoms with van der Waals surface area (Å²) in [4.78, 5) is 23.4. The van der Waals surface area contributed by atoms with Gasteiger partial charge in [0.2, 0.25) is 0 Å². The summed E-state index contributed by atoms with van der Waals surface area (Å²) < 4.78 is 15.4. The fraction of sp³-hybridized carbons (Fsp3) is 0.364. The molecule has 5 heteroatoms. The first kappa shape index (κ1) is 20.5. The van der Waals surface area contributed by atoms with Crippen LogP contribution in [0.2, 0.25) is 0 Å². The lowest BCUT2D eigenvalue weighted by atomic mass is 10.0. The highest BCUT2D eigenvalue weighted by Gasteiger charge is 2.12. The van der Waals surface area contributed by atoms with Crippen molar-refractivity contribution >= 4 is 11.9 Å². The Balaban J connectivity index is 1.72. The van der Waals surface area contributed by atoms with Crippen molar-refractivity contribution in [3.05, 3.63) is 59.7 Å². The first-order valence-electron chi connectivity index (χ1n) is 9.04. The minimum Gasteiger partial charge on any atom is -0.482 e. The molecule has 0 aliphatic heterocycles. The first-order valence-corrected chi connectivity index (χ1v) is 9.04. The van der Waals surface area contributed by atoms with Crippen molar-refractivity contribution in [1.29, 1.82) is 0 Å². The summed E-state index contributed by atoms with van der Waals surface area (Å²) in [6, 6.07) is 14.9. The Hall–Kier alpha value is -2.82. The van der Waals surface area contributed by atoms with Gasteiger partial charge in [0.05, 0.1) is 0 Å². The lowest BCUT2D eigenvalue weighted by Crippen LogP contribution is -2.23. The average molecular weight is 370 g/mol. The van der Waals surface area contributed by atoms with E-state index in [1.54, 1.807) is 24.3 Å². The molecule has 0 heterocycles. The predicted octanol–water partition coefficient (Wildman–Crippen LogP) is 4.46. The Kier molecular flexibility index (Phi) is 7.41. The van der Waals surface area contributed by atoms with E-state index in [0.29, 0.717) is 23.3 Å². The fourth-order valence-electron chi connectivity index (χ4n) is 2.37. The highest BCUT2D eigenvalue weighted by Crippen LogP contribution is 2.19. The molecule has 2 aromatic rings. The summed E-state index contributed by atoms with van der Waals surface area (Å²) in [5.74, 6) is 0.417. The number of carbonyl (C=O) groups excluding carboxylic acids is 2. The molecule has 2 aromatic carbocycles. The molecule has 0 fully saturated rings. The monoisotopic (exact) mass is 370 g/mol. The van der Waals surface area contributed by atoms with E-state index in [-0.39, 0.29) is 13.2 Å². The van der Waals surface area contributed by atoms with Crippen molar-refractivity contribution in [2.75, 3.05) is 13.2 Å². The summed E-state index contributed by atoms with van der Waals surface area (Å²) in [6.45, 7) is 7.71. The highest BCUT2D eigenvalue weighted by atomic mass is 16.6. The zero-order chi connectivity index (χ0) is 19.8. The standard InChI is InChI=1S/C22H26O5/c1-15(2)17-5-9-19(10-6-17)25-13-21(23)27-22(24)14-26-20-11-7-18(8-12-20)16(3)4/h5-12,15-16H,13-14H2,1-4H3. The molecule has 0 atom stereocenters. The minimum atomic E-state index is -0.758. The normalized spacial score (nSPS) is 10.7. The molecule has 5 nitrogen and oxygen atoms in total. The molecule has 0 saturated carbocycles. The second-order valence-electron chi connectivity index (χ2n) is 6.87. The van der Waals surface area contributed by atoms with E-state index in [9.17, 15) is 9.59 Å². The van der Waals surface area contributed by atoms with E-state index in [2.05, 4.69) is 32.4 Å². The molecule has 0 N–H and O–H groups in total. The average Bonchev–Trinajstić information content (AvgIpc) is 2.65. The zero-order valence-electron chi connectivity index (χ0n) is 16.2. The van der Waals surface area contributed by atoms with Gasteiger partial charge in [-0.1, -0.05) is 52.0 Å². The van der Waals surface area contributed by atoms with Crippen molar-refractivity contribution in [3.63, 3.8) is 0 Å². The SMILES string of the molecule is CC(C)c1ccc(OCC(=O)OC(=O)COc2ccc(C(C)C)cc2)cc1. The number of esters is 2. The van der Waals surface area contributed by atoms with Gasteiger partial charge >= 0.3 is 11.9 Å². The van der Waals surface area contributed by atoms with Crippen LogP contribution in [0.5, 0.6) is 11.5 Å². The Morgan fingerprint density at radius 2 is 1.00 bits per heavy atom. The minimum absolute atomic E-state index is 0.337. The molecule has 0 bridgehead atoms. The van der Waals surface area contributed by atoms with Crippen molar-refractivity contribution in [2.45, 2.75) is 39.5 Å². The molecule has 0 radical (unpaired) electrons. The van der Waals surface area contributed by atoms with E-state index in [1.807, 2.05) is 24.3 Å². The molecule has 27 heavy (non-hydrogen) atoms. The van der Waals surface area contributed by atoms with Gasteiger partial charge in [-0.05, 0) is 47.2 Å². The molecular formula is C22H26O5. The third-order valence-corrected chi connectivity index (χ3v) is 4.03. The quantitative estimate of drug-likeness (QED) is 0.507. The van der Waals surface area contributed by atoms with Crippen molar-refractivity contribution in [1.82, 2.24) is 0 Å². The summed E-state index contributed by atoms with van der Waals surface area (Å²) in [5, 5.41) is 0. The molecule has 0 amide bonds. The van der Waals surface area contributed by atoms with Gasteiger partial charge in [-0.3, -0.25) is 0 Å². The van der Waals surface area contributed by atoms with Gasteiger partial charge in [-0.25, -0.2) is 9.59 Å². The Labute approximate surface area is 160 Å². The Morgan fingerprint density at radius 3 is 1.30 bits per heavy atom. The Bertz CT molecular complexity index is 680. The summed E-state index contributed by atoms with van der Waals surface area (Å²) in [5.41, 5.74) is 2.36. The summed E-state index contributed by atoms with van der Waals surface area (Å²) in [6.07, 6.45) is 0. The van der Waals surface area contributed by atoms with E-state index in [0.717, 1.165) is 0 Å². The summed E-state index contributed by atoms with van der Waals surface area (Å²) in [7, 11) is 0. The number of hydrogen-bond donors (Lipinski definition) is 0. The maximum Gasteiger partial charge on any atom is 0.351 e. The van der Waals surface area contributed by atoms with Crippen LogP contribution in [-0.4, -0.2) is 25.2 Å². The van der Waals surface area contributed by atoms with Gasteiger partial charge in [-0.2, -0.15) is 0 Å². The third-order valence-electron chi connectivity index (χ3n) is 4.03. The summed E-state index contributed by atoms with van der Waals surface area (Å²) >= 11 is 0. The second kappa shape index (κ2) is 9.76. The van der Waals surface area contributed by atoms with Crippen LogP contribution in [-0.2, 0) is 14.3 Å². The van der Waals surface area contributed by atoms with Crippen molar-refractivity contribution < 1.29 is 23.8 Å². The maximum atomic E-state index is 11.7. The van der Waals surface area contributed by atoms with E-state index >= 15 is 0 Å². The van der Waals surface area contributed by atoms with Crippen LogP contribution in [0.1, 0.15) is 50.7 Å². The number of benzene rings is 2. The molecule has 0 spiro atoms. The van der Waals surface area contributed by atoms with Crippen LogP contribution < -0.4 is 9.47 Å². The molecule has 2 rings (SSSR count).